The Hall–Kier alpha value is -2.24. The molecule has 146 valence electrons. The van der Waals surface area contributed by atoms with Gasteiger partial charge in [0.05, 0.1) is 25.9 Å². The van der Waals surface area contributed by atoms with Crippen molar-refractivity contribution in [2.24, 2.45) is 0 Å². The highest BCUT2D eigenvalue weighted by molar-refractivity contribution is 5.83. The Morgan fingerprint density at radius 2 is 1.78 bits per heavy atom. The van der Waals surface area contributed by atoms with E-state index in [1.165, 1.54) is 18.7 Å². The summed E-state index contributed by atoms with van der Waals surface area (Å²) in [5.41, 5.74) is 3.03. The Morgan fingerprint density at radius 3 is 2.26 bits per heavy atom. The van der Waals surface area contributed by atoms with Gasteiger partial charge in [-0.15, -0.1) is 0 Å². The zero-order valence-electron chi connectivity index (χ0n) is 16.2. The maximum Gasteiger partial charge on any atom is 0.166 e. The Morgan fingerprint density at radius 1 is 1.11 bits per heavy atom. The zero-order chi connectivity index (χ0) is 19.6. The minimum Gasteiger partial charge on any atom is -0.493 e. The average Bonchev–Trinajstić information content (AvgIpc) is 3.22. The number of benzene rings is 2. The molecule has 0 aromatic heterocycles. The fourth-order valence-electron chi connectivity index (χ4n) is 2.88. The third-order valence-corrected chi connectivity index (χ3v) is 4.25. The second-order valence-electron chi connectivity index (χ2n) is 6.22. The summed E-state index contributed by atoms with van der Waals surface area (Å²) in [6.45, 7) is 5.73. The lowest BCUT2D eigenvalue weighted by atomic mass is 10.00. The van der Waals surface area contributed by atoms with Crippen LogP contribution in [0, 0.1) is 5.82 Å². The van der Waals surface area contributed by atoms with Crippen molar-refractivity contribution >= 4 is 6.29 Å². The second-order valence-corrected chi connectivity index (χ2v) is 6.22. The molecule has 0 spiro atoms. The van der Waals surface area contributed by atoms with E-state index in [9.17, 15) is 9.18 Å². The molecule has 3 rings (SSSR count). The highest BCUT2D eigenvalue weighted by Gasteiger charge is 2.12. The Bertz CT molecular complexity index is 722. The Balaban J connectivity index is 0.000000313. The average molecular weight is 374 g/mol. The van der Waals surface area contributed by atoms with Crippen LogP contribution in [0.2, 0.25) is 0 Å². The van der Waals surface area contributed by atoms with Crippen molar-refractivity contribution in [3.8, 4) is 16.9 Å². The van der Waals surface area contributed by atoms with E-state index in [1.807, 2.05) is 24.3 Å². The van der Waals surface area contributed by atoms with Crippen LogP contribution in [0.25, 0.3) is 11.1 Å². The van der Waals surface area contributed by atoms with Gasteiger partial charge >= 0.3 is 0 Å². The summed E-state index contributed by atoms with van der Waals surface area (Å²) < 4.78 is 29.0. The monoisotopic (exact) mass is 374 g/mol. The fraction of sp³-hybridized carbons (Fsp3) is 0.409. The van der Waals surface area contributed by atoms with Crippen LogP contribution in [-0.2, 0) is 15.9 Å². The highest BCUT2D eigenvalue weighted by Crippen LogP contribution is 2.29. The van der Waals surface area contributed by atoms with Crippen molar-refractivity contribution in [1.29, 1.82) is 0 Å². The summed E-state index contributed by atoms with van der Waals surface area (Å²) in [7, 11) is 1.35. The number of hydrogen-bond donors (Lipinski definition) is 0. The van der Waals surface area contributed by atoms with E-state index in [2.05, 4.69) is 13.8 Å². The maximum atomic E-state index is 13.9. The number of methoxy groups -OCH3 is 1. The van der Waals surface area contributed by atoms with Crippen molar-refractivity contribution in [2.45, 2.75) is 39.4 Å². The van der Waals surface area contributed by atoms with Gasteiger partial charge in [-0.2, -0.15) is 0 Å². The van der Waals surface area contributed by atoms with E-state index >= 15 is 0 Å². The van der Waals surface area contributed by atoms with Crippen molar-refractivity contribution in [1.82, 2.24) is 0 Å². The van der Waals surface area contributed by atoms with Gasteiger partial charge in [-0.1, -0.05) is 44.5 Å². The lowest BCUT2D eigenvalue weighted by Gasteiger charge is -2.09. The van der Waals surface area contributed by atoms with Crippen molar-refractivity contribution in [3.63, 3.8) is 0 Å². The quantitative estimate of drug-likeness (QED) is 0.665. The molecule has 5 heteroatoms. The number of rotatable bonds is 6. The first kappa shape index (κ1) is 21.1. The van der Waals surface area contributed by atoms with Gasteiger partial charge in [-0.25, -0.2) is 4.39 Å². The smallest absolute Gasteiger partial charge is 0.166 e. The van der Waals surface area contributed by atoms with Gasteiger partial charge in [0.2, 0.25) is 0 Å². The number of hydrogen-bond acceptors (Lipinski definition) is 4. The first-order chi connectivity index (χ1) is 13.1. The predicted molar refractivity (Wildman–Crippen MR) is 104 cm³/mol. The normalized spacial score (nSPS) is 13.8. The molecule has 1 aliphatic rings. The van der Waals surface area contributed by atoms with E-state index < -0.39 is 5.82 Å². The van der Waals surface area contributed by atoms with E-state index in [4.69, 9.17) is 14.2 Å². The van der Waals surface area contributed by atoms with Gasteiger partial charge in [0, 0.05) is 0 Å². The first-order valence-corrected chi connectivity index (χ1v) is 9.28. The molecule has 0 unspecified atom stereocenters. The molecule has 2 aromatic rings. The predicted octanol–water partition coefficient (Wildman–Crippen LogP) is 5.04. The van der Waals surface area contributed by atoms with Crippen molar-refractivity contribution in [3.05, 3.63) is 53.3 Å². The molecule has 1 saturated heterocycles. The third kappa shape index (κ3) is 5.88. The summed E-state index contributed by atoms with van der Waals surface area (Å²) in [5.74, 6) is -0.531. The third-order valence-electron chi connectivity index (χ3n) is 4.25. The summed E-state index contributed by atoms with van der Waals surface area (Å²) >= 11 is 0. The number of halogens is 1. The van der Waals surface area contributed by atoms with E-state index in [0.717, 1.165) is 38.0 Å². The summed E-state index contributed by atoms with van der Waals surface area (Å²) in [4.78, 5) is 11.0. The van der Waals surface area contributed by atoms with Gasteiger partial charge in [0.25, 0.3) is 0 Å². The lowest BCUT2D eigenvalue weighted by Crippen LogP contribution is -2.03. The van der Waals surface area contributed by atoms with E-state index in [1.54, 1.807) is 6.07 Å². The maximum absolute atomic E-state index is 13.9. The SMILES string of the molecule is CCC1OCCO1.CCCc1ccc(-c2cc(F)c(OC)c(C=O)c2)cc1. The minimum atomic E-state index is -0.523. The molecule has 0 N–H and O–H groups in total. The molecule has 1 heterocycles. The molecule has 0 aliphatic carbocycles. The van der Waals surface area contributed by atoms with Crippen molar-refractivity contribution < 1.29 is 23.4 Å². The van der Waals surface area contributed by atoms with Crippen LogP contribution < -0.4 is 4.74 Å². The van der Waals surface area contributed by atoms with Crippen LogP contribution in [0.4, 0.5) is 4.39 Å². The molecular weight excluding hydrogens is 347 g/mol. The summed E-state index contributed by atoms with van der Waals surface area (Å²) in [6, 6.07) is 11.0. The largest absolute Gasteiger partial charge is 0.493 e. The standard InChI is InChI=1S/C17H17FO2.C5H10O2/c1-3-4-12-5-7-13(8-6-12)14-9-15(11-19)17(20-2)16(18)10-14;1-2-5-6-3-4-7-5/h5-11H,3-4H2,1-2H3;5H,2-4H2,1H3. The Kier molecular flexibility index (Phi) is 8.43. The van der Waals surface area contributed by atoms with Crippen LogP contribution in [0.5, 0.6) is 5.75 Å². The molecule has 0 bridgehead atoms. The van der Waals surface area contributed by atoms with Crippen LogP contribution in [0.1, 0.15) is 42.6 Å². The molecule has 4 nitrogen and oxygen atoms in total. The highest BCUT2D eigenvalue weighted by atomic mass is 19.1. The molecule has 0 radical (unpaired) electrons. The second kappa shape index (κ2) is 10.8. The molecule has 0 atom stereocenters. The molecule has 27 heavy (non-hydrogen) atoms. The first-order valence-electron chi connectivity index (χ1n) is 9.28. The van der Waals surface area contributed by atoms with Gasteiger partial charge < -0.3 is 14.2 Å². The Labute approximate surface area is 160 Å². The number of ether oxygens (including phenoxy) is 3. The van der Waals surface area contributed by atoms with Crippen molar-refractivity contribution in [2.75, 3.05) is 20.3 Å². The number of carbonyl (C=O) groups excluding carboxylic acids is 1. The summed E-state index contributed by atoms with van der Waals surface area (Å²) in [6.07, 6.45) is 3.79. The van der Waals surface area contributed by atoms with Gasteiger partial charge in [0.15, 0.2) is 24.1 Å². The number of aryl methyl sites for hydroxylation is 1. The van der Waals surface area contributed by atoms with Crippen LogP contribution >= 0.6 is 0 Å². The van der Waals surface area contributed by atoms with Crippen LogP contribution in [-0.4, -0.2) is 32.9 Å². The molecule has 1 fully saturated rings. The van der Waals surface area contributed by atoms with Gasteiger partial charge in [-0.05, 0) is 41.7 Å². The van der Waals surface area contributed by atoms with Crippen LogP contribution in [0.15, 0.2) is 36.4 Å². The fourth-order valence-corrected chi connectivity index (χ4v) is 2.88. The topological polar surface area (TPSA) is 44.8 Å². The zero-order valence-corrected chi connectivity index (χ0v) is 16.2. The summed E-state index contributed by atoms with van der Waals surface area (Å²) in [5, 5.41) is 0. The van der Waals surface area contributed by atoms with Gasteiger partial charge in [0.1, 0.15) is 0 Å². The lowest BCUT2D eigenvalue weighted by molar-refractivity contribution is -0.0430. The number of carbonyl (C=O) groups is 1. The van der Waals surface area contributed by atoms with E-state index in [-0.39, 0.29) is 17.6 Å². The molecule has 0 amide bonds. The minimum absolute atomic E-state index is 0.00801. The molecule has 0 saturated carbocycles. The number of aldehydes is 1. The molecule has 1 aliphatic heterocycles. The van der Waals surface area contributed by atoms with Crippen LogP contribution in [0.3, 0.4) is 0 Å². The molecule has 2 aromatic carbocycles. The van der Waals surface area contributed by atoms with E-state index in [0.29, 0.717) is 11.8 Å². The van der Waals surface area contributed by atoms with Gasteiger partial charge in [-0.3, -0.25) is 4.79 Å². The molecular formula is C22H27FO4.